The molecule has 18 heavy (non-hydrogen) atoms. The molecular formula is C14H18ClNO2. The van der Waals surface area contributed by atoms with Gasteiger partial charge in [-0.3, -0.25) is 4.79 Å². The van der Waals surface area contributed by atoms with Crippen LogP contribution >= 0.6 is 11.6 Å². The van der Waals surface area contributed by atoms with E-state index < -0.39 is 0 Å². The van der Waals surface area contributed by atoms with Crippen LogP contribution in [-0.4, -0.2) is 17.9 Å². The standard InChI is InChI=1S/C14H18ClNO2/c15-10-14(17)16-12-8-4-5-9-13(12)18-11-6-2-1-3-7-11/h4-5,8-9,11H,1-3,6-7,10H2,(H,16,17). The molecule has 1 aliphatic carbocycles. The van der Waals surface area contributed by atoms with Crippen LogP contribution in [0.4, 0.5) is 5.69 Å². The molecule has 1 aromatic rings. The lowest BCUT2D eigenvalue weighted by atomic mass is 9.98. The van der Waals surface area contributed by atoms with E-state index in [1.54, 1.807) is 0 Å². The van der Waals surface area contributed by atoms with Gasteiger partial charge in [0.15, 0.2) is 0 Å². The topological polar surface area (TPSA) is 38.3 Å². The average Bonchev–Trinajstić information content (AvgIpc) is 2.42. The molecular weight excluding hydrogens is 250 g/mol. The highest BCUT2D eigenvalue weighted by Gasteiger charge is 2.16. The SMILES string of the molecule is O=C(CCl)Nc1ccccc1OC1CCCCC1. The summed E-state index contributed by atoms with van der Waals surface area (Å²) < 4.78 is 5.97. The third-order valence-electron chi connectivity index (χ3n) is 3.13. The number of carbonyl (C=O) groups is 1. The minimum atomic E-state index is -0.212. The van der Waals surface area contributed by atoms with Crippen molar-refractivity contribution < 1.29 is 9.53 Å². The zero-order chi connectivity index (χ0) is 12.8. The number of halogens is 1. The summed E-state index contributed by atoms with van der Waals surface area (Å²) in [6.45, 7) is 0. The third-order valence-corrected chi connectivity index (χ3v) is 3.37. The number of rotatable bonds is 4. The molecule has 0 radical (unpaired) electrons. The van der Waals surface area contributed by atoms with E-state index in [0.717, 1.165) is 18.6 Å². The van der Waals surface area contributed by atoms with Crippen LogP contribution in [-0.2, 0) is 4.79 Å². The molecule has 1 amide bonds. The normalized spacial score (nSPS) is 16.3. The minimum absolute atomic E-state index is 0.0439. The molecule has 2 rings (SSSR count). The maximum absolute atomic E-state index is 11.3. The highest BCUT2D eigenvalue weighted by Crippen LogP contribution is 2.29. The molecule has 0 atom stereocenters. The summed E-state index contributed by atoms with van der Waals surface area (Å²) in [4.78, 5) is 11.3. The first-order chi connectivity index (χ1) is 8.79. The Morgan fingerprint density at radius 3 is 2.72 bits per heavy atom. The molecule has 0 bridgehead atoms. The molecule has 0 saturated heterocycles. The second-order valence-corrected chi connectivity index (χ2v) is 4.82. The van der Waals surface area contributed by atoms with Crippen LogP contribution in [0.1, 0.15) is 32.1 Å². The summed E-state index contributed by atoms with van der Waals surface area (Å²) in [6, 6.07) is 7.51. The summed E-state index contributed by atoms with van der Waals surface area (Å²) >= 11 is 5.49. The van der Waals surface area contributed by atoms with Crippen molar-refractivity contribution in [2.24, 2.45) is 0 Å². The number of carbonyl (C=O) groups excluding carboxylic acids is 1. The number of hydrogen-bond donors (Lipinski definition) is 1. The Kier molecular flexibility index (Phi) is 4.88. The predicted molar refractivity (Wildman–Crippen MR) is 73.3 cm³/mol. The average molecular weight is 268 g/mol. The van der Waals surface area contributed by atoms with Crippen molar-refractivity contribution >= 4 is 23.2 Å². The van der Waals surface area contributed by atoms with Crippen molar-refractivity contribution in [2.45, 2.75) is 38.2 Å². The van der Waals surface area contributed by atoms with Crippen molar-refractivity contribution in [3.05, 3.63) is 24.3 Å². The van der Waals surface area contributed by atoms with Crippen LogP contribution in [0.5, 0.6) is 5.75 Å². The maximum atomic E-state index is 11.3. The molecule has 1 fully saturated rings. The molecule has 1 N–H and O–H groups in total. The first-order valence-electron chi connectivity index (χ1n) is 6.41. The van der Waals surface area contributed by atoms with Gasteiger partial charge in [0.2, 0.25) is 5.91 Å². The van der Waals surface area contributed by atoms with Crippen LogP contribution in [0.25, 0.3) is 0 Å². The van der Waals surface area contributed by atoms with E-state index in [1.165, 1.54) is 19.3 Å². The molecule has 0 spiro atoms. The Hall–Kier alpha value is -1.22. The van der Waals surface area contributed by atoms with Crippen LogP contribution in [0.2, 0.25) is 0 Å². The van der Waals surface area contributed by atoms with Gasteiger partial charge in [-0.1, -0.05) is 18.6 Å². The van der Waals surface area contributed by atoms with E-state index in [9.17, 15) is 4.79 Å². The molecule has 1 aliphatic rings. The molecule has 0 unspecified atom stereocenters. The lowest BCUT2D eigenvalue weighted by molar-refractivity contribution is -0.113. The van der Waals surface area contributed by atoms with Crippen LogP contribution in [0, 0.1) is 0 Å². The fourth-order valence-corrected chi connectivity index (χ4v) is 2.29. The molecule has 0 aliphatic heterocycles. The van der Waals surface area contributed by atoms with Crippen molar-refractivity contribution in [1.82, 2.24) is 0 Å². The monoisotopic (exact) mass is 267 g/mol. The van der Waals surface area contributed by atoms with Crippen LogP contribution in [0.3, 0.4) is 0 Å². The lowest BCUT2D eigenvalue weighted by Gasteiger charge is -2.24. The number of hydrogen-bond acceptors (Lipinski definition) is 2. The number of amides is 1. The van der Waals surface area contributed by atoms with Gasteiger partial charge in [0.25, 0.3) is 0 Å². The summed E-state index contributed by atoms with van der Waals surface area (Å²) in [5.41, 5.74) is 0.703. The summed E-state index contributed by atoms with van der Waals surface area (Å²) in [6.07, 6.45) is 6.20. The second kappa shape index (κ2) is 6.64. The van der Waals surface area contributed by atoms with Crippen molar-refractivity contribution in [1.29, 1.82) is 0 Å². The highest BCUT2D eigenvalue weighted by molar-refractivity contribution is 6.29. The Morgan fingerprint density at radius 1 is 1.28 bits per heavy atom. The largest absolute Gasteiger partial charge is 0.488 e. The lowest BCUT2D eigenvalue weighted by Crippen LogP contribution is -2.21. The zero-order valence-electron chi connectivity index (χ0n) is 10.3. The quantitative estimate of drug-likeness (QED) is 0.847. The Bertz CT molecular complexity index is 403. The van der Waals surface area contributed by atoms with Crippen molar-refractivity contribution in [3.63, 3.8) is 0 Å². The number of alkyl halides is 1. The number of anilines is 1. The van der Waals surface area contributed by atoms with Crippen molar-refractivity contribution in [2.75, 3.05) is 11.2 Å². The first-order valence-corrected chi connectivity index (χ1v) is 6.94. The maximum Gasteiger partial charge on any atom is 0.239 e. The number of nitrogens with one attached hydrogen (secondary N) is 1. The zero-order valence-corrected chi connectivity index (χ0v) is 11.1. The summed E-state index contributed by atoms with van der Waals surface area (Å²) in [5, 5.41) is 2.75. The molecule has 4 heteroatoms. The van der Waals surface area contributed by atoms with E-state index in [2.05, 4.69) is 5.32 Å². The van der Waals surface area contributed by atoms with Gasteiger partial charge in [-0.25, -0.2) is 0 Å². The van der Waals surface area contributed by atoms with Gasteiger partial charge in [-0.15, -0.1) is 11.6 Å². The van der Waals surface area contributed by atoms with E-state index >= 15 is 0 Å². The van der Waals surface area contributed by atoms with Gasteiger partial charge in [-0.05, 0) is 37.8 Å². The molecule has 0 aromatic heterocycles. The van der Waals surface area contributed by atoms with Crippen LogP contribution < -0.4 is 10.1 Å². The van der Waals surface area contributed by atoms with Crippen molar-refractivity contribution in [3.8, 4) is 5.75 Å². The molecule has 1 aromatic carbocycles. The fraction of sp³-hybridized carbons (Fsp3) is 0.500. The number of ether oxygens (including phenoxy) is 1. The van der Waals surface area contributed by atoms with Gasteiger partial charge in [0.05, 0.1) is 11.8 Å². The van der Waals surface area contributed by atoms with Gasteiger partial charge in [0.1, 0.15) is 11.6 Å². The summed E-state index contributed by atoms with van der Waals surface area (Å²) in [7, 11) is 0. The smallest absolute Gasteiger partial charge is 0.239 e. The van der Waals surface area contributed by atoms with E-state index in [-0.39, 0.29) is 17.9 Å². The van der Waals surface area contributed by atoms with E-state index in [4.69, 9.17) is 16.3 Å². The Balaban J connectivity index is 2.04. The first kappa shape index (κ1) is 13.2. The van der Waals surface area contributed by atoms with E-state index in [0.29, 0.717) is 5.69 Å². The molecule has 3 nitrogen and oxygen atoms in total. The minimum Gasteiger partial charge on any atom is -0.488 e. The molecule has 1 saturated carbocycles. The van der Waals surface area contributed by atoms with Gasteiger partial charge < -0.3 is 10.1 Å². The van der Waals surface area contributed by atoms with Gasteiger partial charge >= 0.3 is 0 Å². The fourth-order valence-electron chi connectivity index (χ4n) is 2.22. The predicted octanol–water partition coefficient (Wildman–Crippen LogP) is 3.58. The molecule has 0 heterocycles. The second-order valence-electron chi connectivity index (χ2n) is 4.56. The highest BCUT2D eigenvalue weighted by atomic mass is 35.5. The van der Waals surface area contributed by atoms with Gasteiger partial charge in [-0.2, -0.15) is 0 Å². The van der Waals surface area contributed by atoms with Crippen LogP contribution in [0.15, 0.2) is 24.3 Å². The van der Waals surface area contributed by atoms with E-state index in [1.807, 2.05) is 24.3 Å². The summed E-state index contributed by atoms with van der Waals surface area (Å²) in [5.74, 6) is 0.483. The molecule has 98 valence electrons. The van der Waals surface area contributed by atoms with Gasteiger partial charge in [0, 0.05) is 0 Å². The Morgan fingerprint density at radius 2 is 2.00 bits per heavy atom. The Labute approximate surface area is 112 Å². The number of para-hydroxylation sites is 2. The number of benzene rings is 1. The third kappa shape index (κ3) is 3.64.